The number of carbonyl (C=O) groups excluding carboxylic acids is 6. The van der Waals surface area contributed by atoms with E-state index >= 15 is 8.78 Å². The summed E-state index contributed by atoms with van der Waals surface area (Å²) in [5, 5.41) is 0. The Hall–Kier alpha value is -7.24. The zero-order valence-electron chi connectivity index (χ0n) is 50.8. The van der Waals surface area contributed by atoms with Gasteiger partial charge in [0.05, 0.1) is 37.4 Å². The molecule has 0 amide bonds. The van der Waals surface area contributed by atoms with E-state index in [1.54, 1.807) is 32.9 Å². The lowest BCUT2D eigenvalue weighted by molar-refractivity contribution is -0.176. The molecular formula is C68H86F2O15. The predicted molar refractivity (Wildman–Crippen MR) is 319 cm³/mol. The van der Waals surface area contributed by atoms with E-state index in [1.807, 2.05) is 37.3 Å². The van der Waals surface area contributed by atoms with Gasteiger partial charge in [-0.3, -0.25) is 0 Å². The van der Waals surface area contributed by atoms with E-state index in [1.165, 1.54) is 70.4 Å². The van der Waals surface area contributed by atoms with Crippen molar-refractivity contribution in [3.8, 4) is 39.1 Å². The lowest BCUT2D eigenvalue weighted by atomic mass is 9.77. The molecule has 5 rings (SSSR count). The van der Waals surface area contributed by atoms with Gasteiger partial charge in [0.2, 0.25) is 0 Å². The highest BCUT2D eigenvalue weighted by Gasteiger charge is 2.37. The van der Waals surface area contributed by atoms with E-state index in [-0.39, 0.29) is 75.8 Å². The summed E-state index contributed by atoms with van der Waals surface area (Å²) in [4.78, 5) is 76.0. The maximum Gasteiger partial charge on any atom is 0.417 e. The first-order chi connectivity index (χ1) is 40.9. The Bertz CT molecular complexity index is 2840. The van der Waals surface area contributed by atoms with E-state index in [9.17, 15) is 28.8 Å². The average molecular weight is 1180 g/mol. The van der Waals surface area contributed by atoms with Gasteiger partial charge in [-0.15, -0.1) is 0 Å². The van der Waals surface area contributed by atoms with Crippen LogP contribution in [0.15, 0.2) is 91.0 Å². The minimum absolute atomic E-state index is 0.0147. The largest absolute Gasteiger partial charge is 0.492 e. The van der Waals surface area contributed by atoms with E-state index in [0.29, 0.717) is 66.0 Å². The fraction of sp³-hybridized carbons (Fsp3) is 0.500. The first-order valence-electron chi connectivity index (χ1n) is 29.7. The molecular weight excluding hydrogens is 1090 g/mol. The van der Waals surface area contributed by atoms with Gasteiger partial charge in [-0.25, -0.2) is 37.5 Å². The number of carbonyl (C=O) groups is 6. The molecule has 1 fully saturated rings. The zero-order valence-corrected chi connectivity index (χ0v) is 50.8. The molecule has 17 heteroatoms. The Morgan fingerprint density at radius 3 is 1.54 bits per heavy atom. The molecule has 0 saturated heterocycles. The van der Waals surface area contributed by atoms with Gasteiger partial charge in [0.15, 0.2) is 0 Å². The molecule has 0 radical (unpaired) electrons. The molecule has 1 aliphatic carbocycles. The van der Waals surface area contributed by atoms with E-state index in [4.69, 9.17) is 42.6 Å². The molecule has 0 atom stereocenters. The quantitative estimate of drug-likeness (QED) is 0.0141. The maximum absolute atomic E-state index is 16.4. The average Bonchev–Trinajstić information content (AvgIpc) is 3.28. The lowest BCUT2D eigenvalue weighted by Crippen LogP contribution is -2.41. The van der Waals surface area contributed by atoms with Crippen LogP contribution in [0.5, 0.6) is 5.75 Å². The Kier molecular flexibility index (Phi) is 28.4. The molecule has 462 valence electrons. The van der Waals surface area contributed by atoms with Crippen LogP contribution in [-0.4, -0.2) is 109 Å². The van der Waals surface area contributed by atoms with Crippen molar-refractivity contribution in [2.75, 3.05) is 73.7 Å². The molecule has 0 unspecified atom stereocenters. The summed E-state index contributed by atoms with van der Waals surface area (Å²) in [6.07, 6.45) is 12.4. The summed E-state index contributed by atoms with van der Waals surface area (Å²) in [5.74, 6) is -6.05. The number of unbranched alkanes of at least 4 members (excludes halogenated alkanes) is 3. The molecule has 1 saturated carbocycles. The number of benzene rings is 4. The molecule has 15 nitrogen and oxygen atoms in total. The van der Waals surface area contributed by atoms with Crippen molar-refractivity contribution in [3.63, 3.8) is 0 Å². The van der Waals surface area contributed by atoms with Gasteiger partial charge in [0.25, 0.3) is 0 Å². The maximum atomic E-state index is 16.4. The highest BCUT2D eigenvalue weighted by atomic mass is 19.1. The van der Waals surface area contributed by atoms with Gasteiger partial charge in [0, 0.05) is 25.4 Å². The number of ether oxygens (including phenoxy) is 9. The van der Waals surface area contributed by atoms with Crippen molar-refractivity contribution >= 4 is 35.8 Å². The SMILES string of the molecule is C=C(C)C(=O)OCCCCc1cc(-c2ccc(-c3c(F)cc(-c4ccc(C5CCC(CCCCC)CC5)cc4)cc3F)cc2CC)cc(CCCOC(=O)C(=C)C)c1OCC(CC)(COC(=O)C(=O)OCCOC)COC(=O)C(=O)OCCOC. The van der Waals surface area contributed by atoms with E-state index < -0.39 is 66.1 Å². The molecule has 1 aliphatic rings. The second-order valence-corrected chi connectivity index (χ2v) is 21.9. The second kappa shape index (κ2) is 35.3. The third-order valence-electron chi connectivity index (χ3n) is 15.4. The summed E-state index contributed by atoms with van der Waals surface area (Å²) in [6, 6.07) is 20.1. The van der Waals surface area contributed by atoms with Crippen LogP contribution in [-0.2, 0) is 85.9 Å². The van der Waals surface area contributed by atoms with Crippen LogP contribution < -0.4 is 4.74 Å². The Morgan fingerprint density at radius 1 is 0.518 bits per heavy atom. The summed E-state index contributed by atoms with van der Waals surface area (Å²) < 4.78 is 81.2. The van der Waals surface area contributed by atoms with Crippen molar-refractivity contribution in [1.82, 2.24) is 0 Å². The second-order valence-electron chi connectivity index (χ2n) is 21.9. The van der Waals surface area contributed by atoms with Gasteiger partial charge in [0.1, 0.15) is 50.4 Å². The summed E-state index contributed by atoms with van der Waals surface area (Å²) >= 11 is 0. The standard InChI is InChI=1S/C68H86F2O15/c1-10-13-14-18-47-21-23-49(24-22-47)50-25-27-51(28-26-50)55-40-58(69)60(59(70)41-55)52-29-30-57(48(11-2)37-52)56-38-53(19-15-16-31-79-62(71)45(4)5)61(54(39-56)20-17-32-80-63(72)46(6)7)83-42-68(12-3,43-84-66(75)64(73)81-35-33-77-8)44-85-67(76)65(74)82-36-34-78-9/h25-30,37-41,47,49H,4,6,10-24,31-36,42-44H2,1-3,5,7-9H3. The number of rotatable bonds is 34. The smallest absolute Gasteiger partial charge is 0.417 e. The number of halogens is 2. The first-order valence-corrected chi connectivity index (χ1v) is 29.7. The minimum atomic E-state index is -1.39. The van der Waals surface area contributed by atoms with Crippen LogP contribution in [0.25, 0.3) is 33.4 Å². The summed E-state index contributed by atoms with van der Waals surface area (Å²) in [5.41, 5.74) is 5.33. The topological polar surface area (TPSA) is 185 Å². The Balaban J connectivity index is 1.53. The highest BCUT2D eigenvalue weighted by Crippen LogP contribution is 2.41. The van der Waals surface area contributed by atoms with Crippen LogP contribution in [0.4, 0.5) is 8.78 Å². The van der Waals surface area contributed by atoms with Gasteiger partial charge in [-0.1, -0.05) is 102 Å². The molecule has 0 N–H and O–H groups in total. The predicted octanol–water partition coefficient (Wildman–Crippen LogP) is 13.1. The molecule has 4 aromatic rings. The Morgan fingerprint density at radius 2 is 1.02 bits per heavy atom. The van der Waals surface area contributed by atoms with Crippen molar-refractivity contribution in [1.29, 1.82) is 0 Å². The third kappa shape index (κ3) is 21.1. The zero-order chi connectivity index (χ0) is 61.9. The van der Waals surface area contributed by atoms with Crippen molar-refractivity contribution in [3.05, 3.63) is 125 Å². The first kappa shape index (κ1) is 68.5. The van der Waals surface area contributed by atoms with E-state index in [2.05, 4.69) is 32.2 Å². The van der Waals surface area contributed by atoms with Gasteiger partial charge in [-0.05, 0) is 171 Å². The monoisotopic (exact) mass is 1180 g/mol. The number of methoxy groups -OCH3 is 2. The van der Waals surface area contributed by atoms with Gasteiger partial charge in [-0.2, -0.15) is 0 Å². The van der Waals surface area contributed by atoms with Crippen LogP contribution >= 0.6 is 0 Å². The van der Waals surface area contributed by atoms with Crippen molar-refractivity contribution in [2.24, 2.45) is 11.3 Å². The normalized spacial score (nSPS) is 14.0. The summed E-state index contributed by atoms with van der Waals surface area (Å²) in [7, 11) is 2.79. The molecule has 0 bridgehead atoms. The number of aryl methyl sites for hydroxylation is 3. The molecule has 0 aliphatic heterocycles. The molecule has 0 spiro atoms. The number of hydrogen-bond acceptors (Lipinski definition) is 15. The molecule has 4 aromatic carbocycles. The molecule has 0 aromatic heterocycles. The van der Waals surface area contributed by atoms with Crippen LogP contribution in [0.2, 0.25) is 0 Å². The highest BCUT2D eigenvalue weighted by molar-refractivity contribution is 6.30. The van der Waals surface area contributed by atoms with Gasteiger partial charge < -0.3 is 42.6 Å². The third-order valence-corrected chi connectivity index (χ3v) is 15.4. The number of esters is 6. The van der Waals surface area contributed by atoms with E-state index in [0.717, 1.165) is 41.0 Å². The number of hydrogen-bond donors (Lipinski definition) is 0. The molecule has 85 heavy (non-hydrogen) atoms. The Labute approximate surface area is 500 Å². The van der Waals surface area contributed by atoms with Crippen LogP contribution in [0.3, 0.4) is 0 Å². The fourth-order valence-corrected chi connectivity index (χ4v) is 10.2. The van der Waals surface area contributed by atoms with Crippen molar-refractivity contribution < 1.29 is 80.2 Å². The fourth-order valence-electron chi connectivity index (χ4n) is 10.2. The minimum Gasteiger partial charge on any atom is -0.492 e. The van der Waals surface area contributed by atoms with Crippen molar-refractivity contribution in [2.45, 2.75) is 137 Å². The van der Waals surface area contributed by atoms with Crippen LogP contribution in [0, 0.1) is 23.0 Å². The molecule has 0 heterocycles. The van der Waals surface area contributed by atoms with Crippen LogP contribution in [0.1, 0.15) is 140 Å². The lowest BCUT2D eigenvalue weighted by Gasteiger charge is -2.32. The summed E-state index contributed by atoms with van der Waals surface area (Å²) in [6.45, 7) is 14.7. The van der Waals surface area contributed by atoms with Gasteiger partial charge >= 0.3 is 35.8 Å².